The average molecular weight is 509 g/mol. The summed E-state index contributed by atoms with van der Waals surface area (Å²) in [6.07, 6.45) is 2.26. The molecule has 1 aliphatic rings. The third-order valence-electron chi connectivity index (χ3n) is 6.28. The number of hydrogen-bond acceptors (Lipinski definition) is 7. The molecule has 1 unspecified atom stereocenters. The van der Waals surface area contributed by atoms with Crippen molar-refractivity contribution in [2.24, 2.45) is 5.16 Å². The van der Waals surface area contributed by atoms with E-state index in [9.17, 15) is 19.1 Å². The molecule has 2 N–H and O–H groups in total. The van der Waals surface area contributed by atoms with Gasteiger partial charge in [0.2, 0.25) is 0 Å². The second-order valence-electron chi connectivity index (χ2n) is 8.68. The van der Waals surface area contributed by atoms with Crippen molar-refractivity contribution in [2.45, 2.75) is 45.9 Å². The van der Waals surface area contributed by atoms with E-state index in [1.54, 1.807) is 30.5 Å². The molecule has 194 valence electrons. The van der Waals surface area contributed by atoms with Crippen LogP contribution in [0, 0.1) is 12.7 Å². The molecule has 0 saturated carbocycles. The first-order chi connectivity index (χ1) is 17.8. The lowest BCUT2D eigenvalue weighted by Crippen LogP contribution is -2.25. The minimum absolute atomic E-state index is 0.114. The highest BCUT2D eigenvalue weighted by Gasteiger charge is 2.27. The number of rotatable bonds is 9. The maximum atomic E-state index is 13.7. The first-order valence-electron chi connectivity index (χ1n) is 12.0. The molecule has 0 spiro atoms. The van der Waals surface area contributed by atoms with Gasteiger partial charge in [-0.15, -0.1) is 0 Å². The van der Waals surface area contributed by atoms with Crippen LogP contribution in [-0.4, -0.2) is 40.0 Å². The summed E-state index contributed by atoms with van der Waals surface area (Å²) in [5, 5.41) is 16.3. The highest BCUT2D eigenvalue weighted by Crippen LogP contribution is 2.29. The van der Waals surface area contributed by atoms with Crippen LogP contribution in [0.4, 0.5) is 4.39 Å². The Morgan fingerprint density at radius 3 is 2.84 bits per heavy atom. The van der Waals surface area contributed by atoms with Crippen LogP contribution < -0.4 is 15.6 Å². The Bertz CT molecular complexity index is 1400. The molecule has 0 aliphatic carbocycles. The number of pyridine rings is 2. The molecule has 0 radical (unpaired) electrons. The molecular weight excluding hydrogens is 479 g/mol. The largest absolute Gasteiger partial charge is 0.494 e. The molecule has 1 atom stereocenters. The summed E-state index contributed by atoms with van der Waals surface area (Å²) in [6.45, 7) is 4.05. The number of methoxy groups -OCH3 is 1. The summed E-state index contributed by atoms with van der Waals surface area (Å²) in [5.74, 6) is -0.632. The number of oxime groups is 1. The zero-order chi connectivity index (χ0) is 26.5. The van der Waals surface area contributed by atoms with Gasteiger partial charge in [-0.05, 0) is 48.7 Å². The van der Waals surface area contributed by atoms with E-state index in [2.05, 4.69) is 15.5 Å². The number of aliphatic hydroxyl groups is 1. The summed E-state index contributed by atoms with van der Waals surface area (Å²) >= 11 is 0. The fourth-order valence-electron chi connectivity index (χ4n) is 4.32. The second-order valence-corrected chi connectivity index (χ2v) is 8.68. The van der Waals surface area contributed by atoms with Crippen molar-refractivity contribution in [3.05, 3.63) is 92.4 Å². The SMILES string of the molecule is CCc1c(C(=O)NCc2ccc(F)c(OC)c2)cc(C2=NOC(c3ccc(=O)n(CCO)c3)C2)nc1C. The zero-order valence-electron chi connectivity index (χ0n) is 21.0. The number of nitrogens with one attached hydrogen (secondary N) is 1. The predicted molar refractivity (Wildman–Crippen MR) is 135 cm³/mol. The van der Waals surface area contributed by atoms with Gasteiger partial charge in [0.05, 0.1) is 19.4 Å². The van der Waals surface area contributed by atoms with E-state index in [0.29, 0.717) is 35.4 Å². The van der Waals surface area contributed by atoms with Crippen LogP contribution in [0.2, 0.25) is 0 Å². The van der Waals surface area contributed by atoms with Crippen molar-refractivity contribution in [3.8, 4) is 5.75 Å². The number of hydrogen-bond donors (Lipinski definition) is 2. The van der Waals surface area contributed by atoms with Crippen LogP contribution in [0.15, 0.2) is 52.5 Å². The molecule has 2 aromatic heterocycles. The summed E-state index contributed by atoms with van der Waals surface area (Å²) in [7, 11) is 1.39. The first kappa shape index (κ1) is 26.0. The van der Waals surface area contributed by atoms with Crippen molar-refractivity contribution in [3.63, 3.8) is 0 Å². The lowest BCUT2D eigenvalue weighted by molar-refractivity contribution is 0.0850. The minimum atomic E-state index is -0.467. The van der Waals surface area contributed by atoms with Crippen molar-refractivity contribution in [1.82, 2.24) is 14.9 Å². The number of aromatic nitrogens is 2. The van der Waals surface area contributed by atoms with E-state index >= 15 is 0 Å². The van der Waals surface area contributed by atoms with Crippen LogP contribution in [-0.2, 0) is 24.3 Å². The van der Waals surface area contributed by atoms with Crippen LogP contribution in [0.1, 0.15) is 57.9 Å². The van der Waals surface area contributed by atoms with E-state index in [1.165, 1.54) is 23.8 Å². The number of halogens is 1. The zero-order valence-corrected chi connectivity index (χ0v) is 21.0. The van der Waals surface area contributed by atoms with Gasteiger partial charge in [0.1, 0.15) is 5.71 Å². The van der Waals surface area contributed by atoms with Gasteiger partial charge in [-0.3, -0.25) is 14.6 Å². The summed E-state index contributed by atoms with van der Waals surface area (Å²) in [4.78, 5) is 35.5. The maximum absolute atomic E-state index is 13.7. The molecule has 9 nitrogen and oxygen atoms in total. The smallest absolute Gasteiger partial charge is 0.251 e. The lowest BCUT2D eigenvalue weighted by atomic mass is 9.98. The average Bonchev–Trinajstić information content (AvgIpc) is 3.39. The molecule has 0 fully saturated rings. The first-order valence-corrected chi connectivity index (χ1v) is 12.0. The number of nitrogens with zero attached hydrogens (tertiary/aromatic N) is 3. The number of ether oxygens (including phenoxy) is 1. The minimum Gasteiger partial charge on any atom is -0.494 e. The third-order valence-corrected chi connectivity index (χ3v) is 6.28. The Morgan fingerprint density at radius 1 is 1.30 bits per heavy atom. The Balaban J connectivity index is 1.53. The van der Waals surface area contributed by atoms with E-state index in [0.717, 1.165) is 16.8 Å². The van der Waals surface area contributed by atoms with Gasteiger partial charge in [-0.1, -0.05) is 18.1 Å². The fourth-order valence-corrected chi connectivity index (χ4v) is 4.32. The van der Waals surface area contributed by atoms with Gasteiger partial charge in [0.15, 0.2) is 17.7 Å². The van der Waals surface area contributed by atoms with Gasteiger partial charge in [-0.2, -0.15) is 0 Å². The Morgan fingerprint density at radius 2 is 2.11 bits per heavy atom. The molecule has 3 heterocycles. The monoisotopic (exact) mass is 508 g/mol. The molecule has 37 heavy (non-hydrogen) atoms. The van der Waals surface area contributed by atoms with E-state index in [4.69, 9.17) is 9.57 Å². The number of benzene rings is 1. The Hall–Kier alpha value is -4.05. The highest BCUT2D eigenvalue weighted by atomic mass is 19.1. The van der Waals surface area contributed by atoms with Gasteiger partial charge < -0.3 is 24.6 Å². The summed E-state index contributed by atoms with van der Waals surface area (Å²) < 4.78 is 20.2. The topological polar surface area (TPSA) is 115 Å². The molecule has 10 heteroatoms. The van der Waals surface area contributed by atoms with Crippen LogP contribution >= 0.6 is 0 Å². The number of amides is 1. The van der Waals surface area contributed by atoms with Crippen LogP contribution in [0.3, 0.4) is 0 Å². The van der Waals surface area contributed by atoms with Gasteiger partial charge in [0.25, 0.3) is 11.5 Å². The molecule has 1 aromatic carbocycles. The van der Waals surface area contributed by atoms with Gasteiger partial charge in [-0.25, -0.2) is 4.39 Å². The van der Waals surface area contributed by atoms with E-state index in [-0.39, 0.29) is 36.9 Å². The lowest BCUT2D eigenvalue weighted by Gasteiger charge is -2.14. The van der Waals surface area contributed by atoms with Crippen molar-refractivity contribution in [1.29, 1.82) is 0 Å². The number of carbonyl (C=O) groups is 1. The van der Waals surface area contributed by atoms with Gasteiger partial charge in [0, 0.05) is 48.6 Å². The number of carbonyl (C=O) groups excluding carboxylic acids is 1. The second kappa shape index (κ2) is 11.3. The van der Waals surface area contributed by atoms with Crippen molar-refractivity contribution < 1.29 is 23.9 Å². The van der Waals surface area contributed by atoms with E-state index < -0.39 is 11.9 Å². The third kappa shape index (κ3) is 5.69. The Kier molecular flexibility index (Phi) is 7.98. The quantitative estimate of drug-likeness (QED) is 0.459. The normalized spacial score (nSPS) is 14.7. The molecule has 0 bridgehead atoms. The molecule has 4 rings (SSSR count). The number of aryl methyl sites for hydroxylation is 1. The van der Waals surface area contributed by atoms with Crippen molar-refractivity contribution in [2.75, 3.05) is 13.7 Å². The van der Waals surface area contributed by atoms with E-state index in [1.807, 2.05) is 13.8 Å². The summed E-state index contributed by atoms with van der Waals surface area (Å²) in [6, 6.07) is 9.27. The molecule has 1 aliphatic heterocycles. The summed E-state index contributed by atoms with van der Waals surface area (Å²) in [5.41, 5.74) is 4.40. The molecule has 3 aromatic rings. The van der Waals surface area contributed by atoms with Crippen LogP contribution in [0.5, 0.6) is 5.75 Å². The molecular formula is C27H29FN4O5. The highest BCUT2D eigenvalue weighted by molar-refractivity contribution is 6.03. The van der Waals surface area contributed by atoms with Crippen LogP contribution in [0.25, 0.3) is 0 Å². The number of aliphatic hydroxyl groups excluding tert-OH is 1. The fraction of sp³-hybridized carbons (Fsp3) is 0.333. The predicted octanol–water partition coefficient (Wildman–Crippen LogP) is 3.05. The molecule has 1 amide bonds. The van der Waals surface area contributed by atoms with Crippen molar-refractivity contribution >= 4 is 11.6 Å². The maximum Gasteiger partial charge on any atom is 0.251 e. The molecule has 0 saturated heterocycles. The standard InChI is InChI=1S/C27H29FN4O5/c1-4-19-16(2)30-22(12-20(19)27(35)29-14-17-5-7-21(28)25(11-17)36-3)23-13-24(37-31-23)18-6-8-26(34)32(15-18)9-10-33/h5-8,11-12,15,24,33H,4,9-10,13-14H2,1-3H3,(H,29,35). The Labute approximate surface area is 213 Å². The van der Waals surface area contributed by atoms with Gasteiger partial charge >= 0.3 is 0 Å².